The third kappa shape index (κ3) is 5.44. The molecule has 0 unspecified atom stereocenters. The Hall–Kier alpha value is -1.82. The van der Waals surface area contributed by atoms with E-state index in [9.17, 15) is 18.0 Å². The van der Waals surface area contributed by atoms with Gasteiger partial charge in [0.2, 0.25) is 5.91 Å². The average molecular weight is 295 g/mol. The summed E-state index contributed by atoms with van der Waals surface area (Å²) in [5, 5.41) is 15.6. The maximum Gasteiger partial charge on any atom is 0.490 e. The van der Waals surface area contributed by atoms with E-state index in [1.165, 1.54) is 0 Å². The minimum atomic E-state index is -5.08. The number of halogens is 3. The van der Waals surface area contributed by atoms with Gasteiger partial charge in [-0.25, -0.2) is 4.79 Å². The molecule has 0 saturated carbocycles. The fourth-order valence-electron chi connectivity index (χ4n) is 1.24. The average Bonchev–Trinajstić information content (AvgIpc) is 2.25. The van der Waals surface area contributed by atoms with Crippen LogP contribution in [-0.2, 0) is 9.59 Å². The van der Waals surface area contributed by atoms with E-state index in [0.717, 1.165) is 0 Å². The first-order chi connectivity index (χ1) is 9.00. The maximum absolute atomic E-state index is 11.5. The van der Waals surface area contributed by atoms with Crippen molar-refractivity contribution in [3.05, 3.63) is 0 Å². The molecule has 3 N–H and O–H groups in total. The van der Waals surface area contributed by atoms with Gasteiger partial charge in [-0.15, -0.1) is 0 Å². The third-order valence-corrected chi connectivity index (χ3v) is 2.62. The van der Waals surface area contributed by atoms with Crippen LogP contribution in [0.5, 0.6) is 0 Å². The molecule has 1 saturated heterocycles. The molecule has 114 valence electrons. The van der Waals surface area contributed by atoms with Crippen molar-refractivity contribution in [2.24, 2.45) is 17.6 Å². The quantitative estimate of drug-likeness (QED) is 0.775. The number of amides is 1. The van der Waals surface area contributed by atoms with E-state index in [1.807, 2.05) is 13.8 Å². The first-order valence-electron chi connectivity index (χ1n) is 5.74. The first kappa shape index (κ1) is 18.2. The highest BCUT2D eigenvalue weighted by molar-refractivity contribution is 5.82. The zero-order valence-electron chi connectivity index (χ0n) is 11.0. The van der Waals surface area contributed by atoms with Gasteiger partial charge in [0.15, 0.2) is 0 Å². The normalized spacial score (nSPS) is 16.6. The lowest BCUT2D eigenvalue weighted by Gasteiger charge is -2.37. The number of nitriles is 1. The Kier molecular flexibility index (Phi) is 6.45. The van der Waals surface area contributed by atoms with Gasteiger partial charge in [-0.05, 0) is 5.92 Å². The molecule has 0 spiro atoms. The van der Waals surface area contributed by atoms with Crippen LogP contribution in [-0.4, -0.2) is 47.2 Å². The summed E-state index contributed by atoms with van der Waals surface area (Å²) in [6, 6.07) is 1.70. The van der Waals surface area contributed by atoms with Crippen LogP contribution in [0.1, 0.15) is 13.8 Å². The molecule has 0 bridgehead atoms. The van der Waals surface area contributed by atoms with Gasteiger partial charge >= 0.3 is 12.1 Å². The van der Waals surface area contributed by atoms with Crippen molar-refractivity contribution in [3.8, 4) is 6.07 Å². The van der Waals surface area contributed by atoms with Crippen molar-refractivity contribution in [2.45, 2.75) is 26.1 Å². The van der Waals surface area contributed by atoms with Crippen LogP contribution in [0.2, 0.25) is 0 Å². The lowest BCUT2D eigenvalue weighted by Crippen LogP contribution is -2.56. The molecular formula is C11H16F3N3O3. The summed E-state index contributed by atoms with van der Waals surface area (Å²) in [4.78, 5) is 22.1. The van der Waals surface area contributed by atoms with Crippen LogP contribution in [0, 0.1) is 23.2 Å². The van der Waals surface area contributed by atoms with E-state index in [0.29, 0.717) is 13.1 Å². The predicted octanol–water partition coefficient (Wildman–Crippen LogP) is 0.585. The summed E-state index contributed by atoms with van der Waals surface area (Å²) in [5.41, 5.74) is 5.68. The lowest BCUT2D eigenvalue weighted by molar-refractivity contribution is -0.192. The fraction of sp³-hybridized carbons (Fsp3) is 0.727. The van der Waals surface area contributed by atoms with Gasteiger partial charge in [-0.3, -0.25) is 4.79 Å². The molecule has 9 heteroatoms. The smallest absolute Gasteiger partial charge is 0.475 e. The molecule has 0 aromatic heterocycles. The van der Waals surface area contributed by atoms with Crippen LogP contribution in [0.15, 0.2) is 0 Å². The molecule has 1 aliphatic rings. The Labute approximate surface area is 113 Å². The van der Waals surface area contributed by atoms with Gasteiger partial charge in [-0.1, -0.05) is 13.8 Å². The number of hydrogen-bond donors (Lipinski definition) is 2. The predicted molar refractivity (Wildman–Crippen MR) is 62.2 cm³/mol. The second-order valence-corrected chi connectivity index (χ2v) is 4.64. The summed E-state index contributed by atoms with van der Waals surface area (Å²) >= 11 is 0. The summed E-state index contributed by atoms with van der Waals surface area (Å²) in [6.07, 6.45) is -5.08. The molecule has 0 aromatic rings. The monoisotopic (exact) mass is 295 g/mol. The largest absolute Gasteiger partial charge is 0.490 e. The minimum absolute atomic E-state index is 0.0170. The van der Waals surface area contributed by atoms with Gasteiger partial charge in [0, 0.05) is 13.1 Å². The lowest BCUT2D eigenvalue weighted by atomic mass is 9.97. The zero-order valence-corrected chi connectivity index (χ0v) is 11.0. The zero-order chi connectivity index (χ0) is 16.1. The standard InChI is InChI=1S/C9H15N3O.C2HF3O2/c1-6(2)8(11)9(13)12-4-7(3-10)5-12;3-2(4,5)1(6)7/h6-8H,4-5,11H2,1-2H3;(H,6,7)/t8-;/m1./s1. The number of carboxylic acids is 1. The summed E-state index contributed by atoms with van der Waals surface area (Å²) in [5.74, 6) is -2.61. The third-order valence-electron chi connectivity index (χ3n) is 2.62. The second-order valence-electron chi connectivity index (χ2n) is 4.64. The molecule has 1 heterocycles. The van der Waals surface area contributed by atoms with Gasteiger partial charge < -0.3 is 15.7 Å². The van der Waals surface area contributed by atoms with Crippen LogP contribution in [0.25, 0.3) is 0 Å². The van der Waals surface area contributed by atoms with Crippen LogP contribution < -0.4 is 5.73 Å². The van der Waals surface area contributed by atoms with E-state index >= 15 is 0 Å². The number of carbonyl (C=O) groups excluding carboxylic acids is 1. The maximum atomic E-state index is 11.5. The Bertz CT molecular complexity index is 398. The molecule has 1 amide bonds. The van der Waals surface area contributed by atoms with Gasteiger partial charge in [0.05, 0.1) is 18.0 Å². The highest BCUT2D eigenvalue weighted by Gasteiger charge is 2.38. The Morgan fingerprint density at radius 1 is 1.40 bits per heavy atom. The number of nitrogens with zero attached hydrogens (tertiary/aromatic N) is 2. The molecule has 0 aliphatic carbocycles. The molecule has 1 aliphatic heterocycles. The molecule has 20 heavy (non-hydrogen) atoms. The second kappa shape index (κ2) is 7.09. The highest BCUT2D eigenvalue weighted by atomic mass is 19.4. The molecule has 1 rings (SSSR count). The van der Waals surface area contributed by atoms with Crippen molar-refractivity contribution >= 4 is 11.9 Å². The summed E-state index contributed by atoms with van der Waals surface area (Å²) in [6.45, 7) is 4.94. The van der Waals surface area contributed by atoms with E-state index in [1.54, 1.807) is 4.90 Å². The van der Waals surface area contributed by atoms with E-state index in [4.69, 9.17) is 20.9 Å². The van der Waals surface area contributed by atoms with Gasteiger partial charge in [0.1, 0.15) is 0 Å². The molecular weight excluding hydrogens is 279 g/mol. The molecule has 1 fully saturated rings. The number of rotatable bonds is 2. The van der Waals surface area contributed by atoms with Crippen LogP contribution in [0.3, 0.4) is 0 Å². The van der Waals surface area contributed by atoms with E-state index in [2.05, 4.69) is 6.07 Å². The number of likely N-dealkylation sites (tertiary alicyclic amines) is 1. The number of hydrogen-bond acceptors (Lipinski definition) is 4. The number of nitrogens with two attached hydrogens (primary N) is 1. The summed E-state index contributed by atoms with van der Waals surface area (Å²) < 4.78 is 31.7. The Balaban J connectivity index is 0.000000441. The number of aliphatic carboxylic acids is 1. The molecule has 0 aromatic carbocycles. The number of alkyl halides is 3. The van der Waals surface area contributed by atoms with Crippen LogP contribution in [0.4, 0.5) is 13.2 Å². The van der Waals surface area contributed by atoms with Crippen molar-refractivity contribution in [1.82, 2.24) is 4.90 Å². The minimum Gasteiger partial charge on any atom is -0.475 e. The van der Waals surface area contributed by atoms with E-state index in [-0.39, 0.29) is 17.7 Å². The van der Waals surface area contributed by atoms with Crippen molar-refractivity contribution in [2.75, 3.05) is 13.1 Å². The van der Waals surface area contributed by atoms with Gasteiger partial charge in [0.25, 0.3) is 0 Å². The Morgan fingerprint density at radius 3 is 2.05 bits per heavy atom. The fourth-order valence-corrected chi connectivity index (χ4v) is 1.24. The SMILES string of the molecule is CC(C)[C@@H](N)C(=O)N1CC(C#N)C1.O=C(O)C(F)(F)F. The first-order valence-corrected chi connectivity index (χ1v) is 5.74. The van der Waals surface area contributed by atoms with Crippen molar-refractivity contribution in [3.63, 3.8) is 0 Å². The van der Waals surface area contributed by atoms with Crippen LogP contribution >= 0.6 is 0 Å². The molecule has 6 nitrogen and oxygen atoms in total. The van der Waals surface area contributed by atoms with Crippen molar-refractivity contribution < 1.29 is 27.9 Å². The van der Waals surface area contributed by atoms with Gasteiger partial charge in [-0.2, -0.15) is 18.4 Å². The summed E-state index contributed by atoms with van der Waals surface area (Å²) in [7, 11) is 0. The number of carbonyl (C=O) groups is 2. The Morgan fingerprint density at radius 2 is 1.80 bits per heavy atom. The number of carboxylic acid groups (broad SMARTS) is 1. The van der Waals surface area contributed by atoms with Crippen molar-refractivity contribution in [1.29, 1.82) is 5.26 Å². The molecule has 0 radical (unpaired) electrons. The topological polar surface area (TPSA) is 107 Å². The highest BCUT2D eigenvalue weighted by Crippen LogP contribution is 2.16. The van der Waals surface area contributed by atoms with E-state index < -0.39 is 18.2 Å². The molecule has 1 atom stereocenters.